The predicted molar refractivity (Wildman–Crippen MR) is 81.6 cm³/mol. The van der Waals surface area contributed by atoms with Crippen LogP contribution >= 0.6 is 0 Å². The summed E-state index contributed by atoms with van der Waals surface area (Å²) in [5.74, 6) is 0.827. The number of carbonyl (C=O) groups excluding carboxylic acids is 1. The standard InChI is InChI=1S/C17H17N3O2/c1-12-5-2-8-19-11-13(18-16(12)19)17(21)20-9-3-6-14(20)15-7-4-10-22-15/h2,4-5,7-8,10-11,14H,3,6,9H2,1H3/t14-/m0/s1. The highest BCUT2D eigenvalue weighted by Gasteiger charge is 2.33. The molecule has 112 valence electrons. The number of hydrogen-bond acceptors (Lipinski definition) is 3. The van der Waals surface area contributed by atoms with Crippen LogP contribution < -0.4 is 0 Å². The first-order chi connectivity index (χ1) is 10.7. The topological polar surface area (TPSA) is 50.8 Å². The van der Waals surface area contributed by atoms with Gasteiger partial charge in [-0.1, -0.05) is 6.07 Å². The zero-order chi connectivity index (χ0) is 15.1. The molecule has 0 unspecified atom stereocenters. The highest BCUT2D eigenvalue weighted by molar-refractivity contribution is 5.93. The summed E-state index contributed by atoms with van der Waals surface area (Å²) in [6, 6.07) is 7.78. The molecule has 0 aliphatic carbocycles. The number of hydrogen-bond donors (Lipinski definition) is 0. The molecule has 3 aromatic heterocycles. The average Bonchev–Trinajstić information content (AvgIpc) is 3.25. The van der Waals surface area contributed by atoms with Crippen LogP contribution in [-0.4, -0.2) is 26.7 Å². The molecule has 4 rings (SSSR count). The number of rotatable bonds is 2. The lowest BCUT2D eigenvalue weighted by molar-refractivity contribution is 0.0714. The molecule has 1 aliphatic rings. The molecule has 1 fully saturated rings. The lowest BCUT2D eigenvalue weighted by Gasteiger charge is -2.22. The van der Waals surface area contributed by atoms with E-state index in [0.717, 1.165) is 36.4 Å². The fraction of sp³-hybridized carbons (Fsp3) is 0.294. The number of imidazole rings is 1. The van der Waals surface area contributed by atoms with Gasteiger partial charge in [-0.05, 0) is 43.5 Å². The summed E-state index contributed by atoms with van der Waals surface area (Å²) in [5.41, 5.74) is 2.39. The molecule has 0 spiro atoms. The summed E-state index contributed by atoms with van der Waals surface area (Å²) in [5, 5.41) is 0. The van der Waals surface area contributed by atoms with E-state index in [4.69, 9.17) is 4.42 Å². The van der Waals surface area contributed by atoms with Gasteiger partial charge in [0.2, 0.25) is 0 Å². The molecule has 0 saturated carbocycles. The van der Waals surface area contributed by atoms with Crippen LogP contribution in [-0.2, 0) is 0 Å². The van der Waals surface area contributed by atoms with Gasteiger partial charge in [-0.3, -0.25) is 4.79 Å². The second kappa shape index (κ2) is 5.02. The van der Waals surface area contributed by atoms with E-state index in [1.807, 2.05) is 52.9 Å². The molecular weight excluding hydrogens is 278 g/mol. The van der Waals surface area contributed by atoms with E-state index in [0.29, 0.717) is 5.69 Å². The number of nitrogens with zero attached hydrogens (tertiary/aromatic N) is 3. The van der Waals surface area contributed by atoms with Crippen molar-refractivity contribution < 1.29 is 9.21 Å². The first-order valence-corrected chi connectivity index (χ1v) is 7.53. The summed E-state index contributed by atoms with van der Waals surface area (Å²) < 4.78 is 7.40. The molecular formula is C17H17N3O2. The van der Waals surface area contributed by atoms with Crippen LogP contribution in [0.5, 0.6) is 0 Å². The molecule has 1 atom stereocenters. The Morgan fingerprint density at radius 1 is 1.36 bits per heavy atom. The van der Waals surface area contributed by atoms with Crippen molar-refractivity contribution in [3.05, 3.63) is 59.9 Å². The lowest BCUT2D eigenvalue weighted by atomic mass is 10.1. The van der Waals surface area contributed by atoms with Crippen LogP contribution in [0.3, 0.4) is 0 Å². The van der Waals surface area contributed by atoms with Gasteiger partial charge in [-0.25, -0.2) is 4.98 Å². The second-order valence-electron chi connectivity index (χ2n) is 5.72. The minimum Gasteiger partial charge on any atom is -0.467 e. The van der Waals surface area contributed by atoms with E-state index < -0.39 is 0 Å². The molecule has 22 heavy (non-hydrogen) atoms. The van der Waals surface area contributed by atoms with Gasteiger partial charge in [0.25, 0.3) is 5.91 Å². The van der Waals surface area contributed by atoms with Crippen molar-refractivity contribution in [1.82, 2.24) is 14.3 Å². The summed E-state index contributed by atoms with van der Waals surface area (Å²) in [6.45, 7) is 2.75. The Bertz CT molecular complexity index is 820. The molecule has 4 heterocycles. The first-order valence-electron chi connectivity index (χ1n) is 7.53. The number of aromatic nitrogens is 2. The summed E-state index contributed by atoms with van der Waals surface area (Å²) in [7, 11) is 0. The van der Waals surface area contributed by atoms with Gasteiger partial charge in [-0.15, -0.1) is 0 Å². The maximum absolute atomic E-state index is 12.8. The Labute approximate surface area is 128 Å². The van der Waals surface area contributed by atoms with E-state index in [-0.39, 0.29) is 11.9 Å². The van der Waals surface area contributed by atoms with Gasteiger partial charge < -0.3 is 13.7 Å². The Morgan fingerprint density at radius 2 is 2.27 bits per heavy atom. The van der Waals surface area contributed by atoms with Gasteiger partial charge in [0.15, 0.2) is 0 Å². The molecule has 5 heteroatoms. The third kappa shape index (κ3) is 2.01. The first kappa shape index (κ1) is 13.1. The zero-order valence-electron chi connectivity index (χ0n) is 12.4. The van der Waals surface area contributed by atoms with Crippen molar-refractivity contribution in [3.63, 3.8) is 0 Å². The predicted octanol–water partition coefficient (Wildman–Crippen LogP) is 3.21. The average molecular weight is 295 g/mol. The van der Waals surface area contributed by atoms with Crippen molar-refractivity contribution in [2.45, 2.75) is 25.8 Å². The van der Waals surface area contributed by atoms with E-state index in [9.17, 15) is 4.79 Å². The minimum absolute atomic E-state index is 0.0217. The summed E-state index contributed by atoms with van der Waals surface area (Å²) in [6.07, 6.45) is 7.31. The van der Waals surface area contributed by atoms with E-state index in [2.05, 4.69) is 4.98 Å². The van der Waals surface area contributed by atoms with Crippen LogP contribution in [0.2, 0.25) is 0 Å². The normalized spacial score (nSPS) is 18.2. The molecule has 0 aromatic carbocycles. The number of fused-ring (bicyclic) bond motifs is 1. The Kier molecular flexibility index (Phi) is 2.99. The summed E-state index contributed by atoms with van der Waals surface area (Å²) in [4.78, 5) is 19.2. The van der Waals surface area contributed by atoms with Gasteiger partial charge in [0, 0.05) is 18.9 Å². The molecule has 1 saturated heterocycles. The van der Waals surface area contributed by atoms with Crippen molar-refractivity contribution in [2.24, 2.45) is 0 Å². The SMILES string of the molecule is Cc1cccn2cc(C(=O)N3CCC[C@H]3c3ccco3)nc12. The maximum atomic E-state index is 12.8. The van der Waals surface area contributed by atoms with Crippen LogP contribution in [0.4, 0.5) is 0 Å². The highest BCUT2D eigenvalue weighted by atomic mass is 16.3. The smallest absolute Gasteiger partial charge is 0.274 e. The van der Waals surface area contributed by atoms with Crippen LogP contribution in [0.1, 0.15) is 40.7 Å². The van der Waals surface area contributed by atoms with Crippen LogP contribution in [0.15, 0.2) is 47.3 Å². The number of likely N-dealkylation sites (tertiary alicyclic amines) is 1. The quantitative estimate of drug-likeness (QED) is 0.729. The molecule has 1 aliphatic heterocycles. The number of amides is 1. The molecule has 3 aromatic rings. The molecule has 0 N–H and O–H groups in total. The van der Waals surface area contributed by atoms with E-state index >= 15 is 0 Å². The molecule has 0 radical (unpaired) electrons. The maximum Gasteiger partial charge on any atom is 0.274 e. The largest absolute Gasteiger partial charge is 0.467 e. The molecule has 0 bridgehead atoms. The van der Waals surface area contributed by atoms with Crippen molar-refractivity contribution >= 4 is 11.6 Å². The number of carbonyl (C=O) groups is 1. The monoisotopic (exact) mass is 295 g/mol. The molecule has 5 nitrogen and oxygen atoms in total. The lowest BCUT2D eigenvalue weighted by Crippen LogP contribution is -2.30. The van der Waals surface area contributed by atoms with Crippen LogP contribution in [0.25, 0.3) is 5.65 Å². The third-order valence-electron chi connectivity index (χ3n) is 4.28. The van der Waals surface area contributed by atoms with Gasteiger partial charge in [0.05, 0.1) is 12.3 Å². The van der Waals surface area contributed by atoms with E-state index in [1.165, 1.54) is 0 Å². The highest BCUT2D eigenvalue weighted by Crippen LogP contribution is 2.33. The Hall–Kier alpha value is -2.56. The second-order valence-corrected chi connectivity index (χ2v) is 5.72. The minimum atomic E-state index is -0.0259. The fourth-order valence-electron chi connectivity index (χ4n) is 3.19. The zero-order valence-corrected chi connectivity index (χ0v) is 12.4. The van der Waals surface area contributed by atoms with Crippen molar-refractivity contribution in [2.75, 3.05) is 6.54 Å². The number of furan rings is 1. The van der Waals surface area contributed by atoms with E-state index in [1.54, 1.807) is 6.26 Å². The number of pyridine rings is 1. The van der Waals surface area contributed by atoms with Crippen molar-refractivity contribution in [1.29, 1.82) is 0 Å². The van der Waals surface area contributed by atoms with Gasteiger partial charge >= 0.3 is 0 Å². The Balaban J connectivity index is 1.69. The summed E-state index contributed by atoms with van der Waals surface area (Å²) >= 11 is 0. The van der Waals surface area contributed by atoms with Gasteiger partial charge in [-0.2, -0.15) is 0 Å². The fourth-order valence-corrected chi connectivity index (χ4v) is 3.19. The van der Waals surface area contributed by atoms with Gasteiger partial charge in [0.1, 0.15) is 17.1 Å². The van der Waals surface area contributed by atoms with Crippen molar-refractivity contribution in [3.8, 4) is 0 Å². The third-order valence-corrected chi connectivity index (χ3v) is 4.28. The van der Waals surface area contributed by atoms with Crippen LogP contribution in [0, 0.1) is 6.92 Å². The molecule has 1 amide bonds. The Morgan fingerprint density at radius 3 is 3.05 bits per heavy atom. The number of aryl methyl sites for hydroxylation is 1.